The Bertz CT molecular complexity index is 537. The minimum absolute atomic E-state index is 0.0613. The van der Waals surface area contributed by atoms with Gasteiger partial charge in [0.1, 0.15) is 5.82 Å². The first-order chi connectivity index (χ1) is 9.63. The van der Waals surface area contributed by atoms with Gasteiger partial charge < -0.3 is 10.0 Å². The minimum atomic E-state index is 0.0613. The van der Waals surface area contributed by atoms with Crippen molar-refractivity contribution < 1.29 is 5.11 Å². The van der Waals surface area contributed by atoms with Crippen molar-refractivity contribution in [3.63, 3.8) is 0 Å². The number of hydrogen-bond donors (Lipinski definition) is 1. The summed E-state index contributed by atoms with van der Waals surface area (Å²) in [5.41, 5.74) is 1.97. The predicted octanol–water partition coefficient (Wildman–Crippen LogP) is 3.79. The second-order valence-electron chi connectivity index (χ2n) is 5.16. The van der Waals surface area contributed by atoms with E-state index in [4.69, 9.17) is 4.98 Å². The van der Waals surface area contributed by atoms with Crippen LogP contribution in [-0.2, 0) is 13.2 Å². The lowest BCUT2D eigenvalue weighted by molar-refractivity contribution is 0.281. The Kier molecular flexibility index (Phi) is 5.15. The van der Waals surface area contributed by atoms with Gasteiger partial charge in [0, 0.05) is 17.1 Å². The number of nitrogens with zero attached hydrogens (tertiary/aromatic N) is 2. The van der Waals surface area contributed by atoms with Crippen LogP contribution < -0.4 is 4.90 Å². The maximum Gasteiger partial charge on any atom is 0.129 e. The Hall–Kier alpha value is -1.39. The SMILES string of the molecule is CCN(Cc1cccs1)c1cc(CO)cc(C(C)C)n1. The van der Waals surface area contributed by atoms with Gasteiger partial charge in [0.05, 0.1) is 13.2 Å². The summed E-state index contributed by atoms with van der Waals surface area (Å²) in [7, 11) is 0. The molecule has 108 valence electrons. The average molecular weight is 290 g/mol. The van der Waals surface area contributed by atoms with Crippen LogP contribution in [0.3, 0.4) is 0 Å². The number of rotatable bonds is 6. The van der Waals surface area contributed by atoms with Gasteiger partial charge in [-0.25, -0.2) is 4.98 Å². The largest absolute Gasteiger partial charge is 0.392 e. The lowest BCUT2D eigenvalue weighted by Crippen LogP contribution is -2.23. The van der Waals surface area contributed by atoms with Crippen molar-refractivity contribution in [3.05, 3.63) is 45.8 Å². The standard InChI is InChI=1S/C16H22N2OS/c1-4-18(10-14-6-5-7-20-14)16-9-13(11-19)8-15(17-16)12(2)3/h5-9,12,19H,4,10-11H2,1-3H3. The van der Waals surface area contributed by atoms with Crippen molar-refractivity contribution in [2.75, 3.05) is 11.4 Å². The van der Waals surface area contributed by atoms with Gasteiger partial charge in [-0.05, 0) is 42.0 Å². The molecule has 0 saturated heterocycles. The molecule has 1 N–H and O–H groups in total. The summed E-state index contributed by atoms with van der Waals surface area (Å²) in [6.45, 7) is 8.22. The van der Waals surface area contributed by atoms with E-state index in [9.17, 15) is 5.11 Å². The molecule has 2 rings (SSSR count). The highest BCUT2D eigenvalue weighted by Crippen LogP contribution is 2.22. The monoisotopic (exact) mass is 290 g/mol. The van der Waals surface area contributed by atoms with Crippen molar-refractivity contribution in [1.29, 1.82) is 0 Å². The van der Waals surface area contributed by atoms with Crippen molar-refractivity contribution in [3.8, 4) is 0 Å². The number of pyridine rings is 1. The third-order valence-electron chi connectivity index (χ3n) is 3.30. The Morgan fingerprint density at radius 1 is 1.35 bits per heavy atom. The maximum absolute atomic E-state index is 9.44. The summed E-state index contributed by atoms with van der Waals surface area (Å²) < 4.78 is 0. The van der Waals surface area contributed by atoms with Crippen LogP contribution in [0.25, 0.3) is 0 Å². The number of thiophene rings is 1. The highest BCUT2D eigenvalue weighted by atomic mass is 32.1. The summed E-state index contributed by atoms with van der Waals surface area (Å²) in [5, 5.41) is 11.5. The normalized spacial score (nSPS) is 11.1. The van der Waals surface area contributed by atoms with Gasteiger partial charge in [-0.2, -0.15) is 0 Å². The van der Waals surface area contributed by atoms with E-state index < -0.39 is 0 Å². The molecule has 20 heavy (non-hydrogen) atoms. The maximum atomic E-state index is 9.44. The summed E-state index contributed by atoms with van der Waals surface area (Å²) in [6.07, 6.45) is 0. The summed E-state index contributed by atoms with van der Waals surface area (Å²) in [6, 6.07) is 8.20. The van der Waals surface area contributed by atoms with Crippen LogP contribution in [0.15, 0.2) is 29.6 Å². The van der Waals surface area contributed by atoms with E-state index in [2.05, 4.69) is 43.2 Å². The van der Waals surface area contributed by atoms with Gasteiger partial charge in [0.15, 0.2) is 0 Å². The molecule has 0 amide bonds. The van der Waals surface area contributed by atoms with Gasteiger partial charge in [0.2, 0.25) is 0 Å². The van der Waals surface area contributed by atoms with Crippen LogP contribution in [0, 0.1) is 0 Å². The molecule has 2 aromatic rings. The molecule has 0 saturated carbocycles. The third-order valence-corrected chi connectivity index (χ3v) is 4.16. The quantitative estimate of drug-likeness (QED) is 0.879. The predicted molar refractivity (Wildman–Crippen MR) is 85.3 cm³/mol. The van der Waals surface area contributed by atoms with E-state index in [1.165, 1.54) is 4.88 Å². The Labute approximate surface area is 124 Å². The first-order valence-corrected chi connectivity index (χ1v) is 7.91. The average Bonchev–Trinajstić information content (AvgIpc) is 2.97. The molecule has 2 aromatic heterocycles. The lowest BCUT2D eigenvalue weighted by atomic mass is 10.1. The molecule has 0 radical (unpaired) electrons. The van der Waals surface area contributed by atoms with Crippen molar-refractivity contribution in [1.82, 2.24) is 4.98 Å². The fourth-order valence-electron chi connectivity index (χ4n) is 2.09. The molecular formula is C16H22N2OS. The molecule has 0 spiro atoms. The van der Waals surface area contributed by atoms with Gasteiger partial charge in [0.25, 0.3) is 0 Å². The zero-order valence-corrected chi connectivity index (χ0v) is 13.2. The van der Waals surface area contributed by atoms with Crippen LogP contribution in [0.5, 0.6) is 0 Å². The molecule has 0 aromatic carbocycles. The van der Waals surface area contributed by atoms with E-state index in [1.807, 2.05) is 12.1 Å². The lowest BCUT2D eigenvalue weighted by Gasteiger charge is -2.23. The number of aromatic nitrogens is 1. The van der Waals surface area contributed by atoms with Crippen molar-refractivity contribution in [2.24, 2.45) is 0 Å². The summed E-state index contributed by atoms with van der Waals surface area (Å²) in [4.78, 5) is 8.33. The Balaban J connectivity index is 2.30. The second kappa shape index (κ2) is 6.86. The molecule has 3 nitrogen and oxygen atoms in total. The first-order valence-electron chi connectivity index (χ1n) is 7.03. The van der Waals surface area contributed by atoms with E-state index >= 15 is 0 Å². The summed E-state index contributed by atoms with van der Waals surface area (Å²) in [5.74, 6) is 1.32. The number of anilines is 1. The molecule has 2 heterocycles. The summed E-state index contributed by atoms with van der Waals surface area (Å²) >= 11 is 1.76. The minimum Gasteiger partial charge on any atom is -0.392 e. The fraction of sp³-hybridized carbons (Fsp3) is 0.438. The van der Waals surface area contributed by atoms with Crippen LogP contribution in [0.4, 0.5) is 5.82 Å². The van der Waals surface area contributed by atoms with E-state index in [1.54, 1.807) is 11.3 Å². The molecule has 4 heteroatoms. The van der Waals surface area contributed by atoms with Gasteiger partial charge in [-0.3, -0.25) is 0 Å². The smallest absolute Gasteiger partial charge is 0.129 e. The number of aliphatic hydroxyl groups excluding tert-OH is 1. The molecule has 0 bridgehead atoms. The van der Waals surface area contributed by atoms with E-state index in [0.717, 1.165) is 30.2 Å². The molecular weight excluding hydrogens is 268 g/mol. The topological polar surface area (TPSA) is 36.4 Å². The molecule has 0 aliphatic heterocycles. The van der Waals surface area contributed by atoms with Crippen LogP contribution >= 0.6 is 11.3 Å². The third kappa shape index (κ3) is 3.58. The van der Waals surface area contributed by atoms with Gasteiger partial charge in [-0.15, -0.1) is 11.3 Å². The van der Waals surface area contributed by atoms with Gasteiger partial charge >= 0.3 is 0 Å². The highest BCUT2D eigenvalue weighted by Gasteiger charge is 2.12. The Morgan fingerprint density at radius 2 is 2.15 bits per heavy atom. The van der Waals surface area contributed by atoms with Crippen molar-refractivity contribution in [2.45, 2.75) is 39.8 Å². The highest BCUT2D eigenvalue weighted by molar-refractivity contribution is 7.09. The molecule has 0 atom stereocenters. The number of hydrogen-bond acceptors (Lipinski definition) is 4. The number of aliphatic hydroxyl groups is 1. The zero-order valence-electron chi connectivity index (χ0n) is 12.3. The van der Waals surface area contributed by atoms with Crippen LogP contribution in [-0.4, -0.2) is 16.6 Å². The van der Waals surface area contributed by atoms with Gasteiger partial charge in [-0.1, -0.05) is 19.9 Å². The molecule has 0 fully saturated rings. The van der Waals surface area contributed by atoms with E-state index in [-0.39, 0.29) is 6.61 Å². The van der Waals surface area contributed by atoms with Crippen LogP contribution in [0.2, 0.25) is 0 Å². The van der Waals surface area contributed by atoms with E-state index in [0.29, 0.717) is 5.92 Å². The van der Waals surface area contributed by atoms with Crippen LogP contribution in [0.1, 0.15) is 42.8 Å². The Morgan fingerprint density at radius 3 is 2.70 bits per heavy atom. The molecule has 0 unspecified atom stereocenters. The molecule has 0 aliphatic rings. The second-order valence-corrected chi connectivity index (χ2v) is 6.20. The molecule has 0 aliphatic carbocycles. The zero-order chi connectivity index (χ0) is 14.5. The fourth-order valence-corrected chi connectivity index (χ4v) is 2.81. The van der Waals surface area contributed by atoms with Crippen molar-refractivity contribution >= 4 is 17.2 Å². The first kappa shape index (κ1) is 15.0.